The quantitative estimate of drug-likeness (QED) is 0.827. The maximum absolute atomic E-state index is 13.4. The van der Waals surface area contributed by atoms with Crippen molar-refractivity contribution in [2.75, 3.05) is 6.61 Å². The molecule has 8 heteroatoms. The fourth-order valence-corrected chi connectivity index (χ4v) is 3.22. The summed E-state index contributed by atoms with van der Waals surface area (Å²) in [5.74, 6) is -1.52. The fraction of sp³-hybridized carbons (Fsp3) is 0.467. The second-order valence-corrected chi connectivity index (χ2v) is 6.24. The van der Waals surface area contributed by atoms with Crippen LogP contribution in [0.4, 0.5) is 4.39 Å². The molecule has 2 heterocycles. The first kappa shape index (κ1) is 16.6. The highest BCUT2D eigenvalue weighted by molar-refractivity contribution is 7.71. The second-order valence-electron chi connectivity index (χ2n) is 5.47. The molecule has 1 aliphatic rings. The highest BCUT2D eigenvalue weighted by atomic mass is 35.5. The van der Waals surface area contributed by atoms with Crippen molar-refractivity contribution in [3.63, 3.8) is 0 Å². The summed E-state index contributed by atoms with van der Waals surface area (Å²) in [6, 6.07) is 4.19. The number of nitrogens with one attached hydrogen (secondary N) is 1. The first-order chi connectivity index (χ1) is 11.0. The van der Waals surface area contributed by atoms with Crippen LogP contribution in [-0.2, 0) is 21.8 Å². The van der Waals surface area contributed by atoms with Crippen LogP contribution in [0.15, 0.2) is 24.5 Å². The van der Waals surface area contributed by atoms with Gasteiger partial charge in [0.15, 0.2) is 0 Å². The van der Waals surface area contributed by atoms with Crippen LogP contribution in [0.1, 0.15) is 25.3 Å². The molecule has 23 heavy (non-hydrogen) atoms. The number of benzene rings is 1. The lowest BCUT2D eigenvalue weighted by Gasteiger charge is -2.29. The van der Waals surface area contributed by atoms with Crippen molar-refractivity contribution < 1.29 is 13.9 Å². The maximum Gasteiger partial charge on any atom is 0.217 e. The van der Waals surface area contributed by atoms with Crippen LogP contribution in [-0.4, -0.2) is 27.5 Å². The van der Waals surface area contributed by atoms with Gasteiger partial charge < -0.3 is 9.47 Å². The Morgan fingerprint density at radius 1 is 1.57 bits per heavy atom. The van der Waals surface area contributed by atoms with Crippen molar-refractivity contribution in [2.24, 2.45) is 0 Å². The number of hydrogen-bond donors (Lipinski definition) is 1. The molecule has 0 saturated carbocycles. The zero-order chi connectivity index (χ0) is 16.4. The Kier molecular flexibility index (Phi) is 4.82. The molecular weight excluding hydrogens is 341 g/mol. The van der Waals surface area contributed by atoms with E-state index in [2.05, 4.69) is 17.0 Å². The molecule has 1 aromatic carbocycles. The van der Waals surface area contributed by atoms with Crippen LogP contribution in [0.2, 0.25) is 5.02 Å². The second kappa shape index (κ2) is 6.68. The van der Waals surface area contributed by atoms with E-state index in [1.54, 1.807) is 10.7 Å². The van der Waals surface area contributed by atoms with E-state index in [0.29, 0.717) is 16.9 Å². The molecule has 2 aromatic rings. The Morgan fingerprint density at radius 2 is 2.39 bits per heavy atom. The molecule has 5 nitrogen and oxygen atoms in total. The van der Waals surface area contributed by atoms with E-state index in [4.69, 9.17) is 33.3 Å². The summed E-state index contributed by atoms with van der Waals surface area (Å²) in [5, 5.41) is 3.19. The van der Waals surface area contributed by atoms with E-state index in [-0.39, 0.29) is 17.7 Å². The summed E-state index contributed by atoms with van der Waals surface area (Å²) in [6.45, 7) is 2.79. The molecule has 124 valence electrons. The molecule has 1 saturated heterocycles. The molecule has 3 rings (SSSR count). The minimum atomic E-state index is -1.12. The van der Waals surface area contributed by atoms with Crippen LogP contribution < -0.4 is 0 Å². The Labute approximate surface area is 143 Å². The third-order valence-corrected chi connectivity index (χ3v) is 4.44. The molecule has 1 aromatic heterocycles. The molecule has 2 unspecified atom stereocenters. The van der Waals surface area contributed by atoms with Crippen molar-refractivity contribution >= 4 is 23.8 Å². The number of rotatable bonds is 5. The smallest absolute Gasteiger partial charge is 0.217 e. The standard InChI is InChI=1S/C15H17ClFN3O2S/c1-2-3-11-7-21-15(22-11,8-20-14(23)18-9-19-20)12-5-4-10(17)6-13(12)16/h4-6,9,11H,2-3,7-8H2,1H3,(H,18,19,23). The van der Waals surface area contributed by atoms with Gasteiger partial charge in [-0.15, -0.1) is 0 Å². The minimum Gasteiger partial charge on any atom is -0.342 e. The van der Waals surface area contributed by atoms with Crippen molar-refractivity contribution in [3.05, 3.63) is 45.7 Å². The van der Waals surface area contributed by atoms with Crippen molar-refractivity contribution in [2.45, 2.75) is 38.2 Å². The van der Waals surface area contributed by atoms with Crippen molar-refractivity contribution in [3.8, 4) is 0 Å². The molecule has 1 aliphatic heterocycles. The minimum absolute atomic E-state index is 0.0433. The summed E-state index contributed by atoms with van der Waals surface area (Å²) >= 11 is 11.4. The van der Waals surface area contributed by atoms with E-state index in [1.807, 2.05) is 0 Å². The highest BCUT2D eigenvalue weighted by Gasteiger charge is 2.45. The Balaban J connectivity index is 2.00. The zero-order valence-electron chi connectivity index (χ0n) is 12.6. The number of H-pyrrole nitrogens is 1. The van der Waals surface area contributed by atoms with Crippen LogP contribution >= 0.6 is 23.8 Å². The largest absolute Gasteiger partial charge is 0.342 e. The van der Waals surface area contributed by atoms with E-state index in [1.165, 1.54) is 18.5 Å². The third kappa shape index (κ3) is 3.33. The molecule has 0 amide bonds. The summed E-state index contributed by atoms with van der Waals surface area (Å²) in [6.07, 6.45) is 3.30. The summed E-state index contributed by atoms with van der Waals surface area (Å²) in [4.78, 5) is 3.99. The zero-order valence-corrected chi connectivity index (χ0v) is 14.2. The number of nitrogens with zero attached hydrogens (tertiary/aromatic N) is 2. The van der Waals surface area contributed by atoms with Gasteiger partial charge in [-0.25, -0.2) is 9.37 Å². The van der Waals surface area contributed by atoms with E-state index < -0.39 is 11.6 Å². The van der Waals surface area contributed by atoms with Gasteiger partial charge in [-0.2, -0.15) is 0 Å². The lowest BCUT2D eigenvalue weighted by atomic mass is 10.1. The molecule has 0 aliphatic carbocycles. The fourth-order valence-electron chi connectivity index (χ4n) is 2.74. The van der Waals surface area contributed by atoms with E-state index in [9.17, 15) is 4.39 Å². The molecule has 0 bridgehead atoms. The topological polar surface area (TPSA) is 52.1 Å². The van der Waals surface area contributed by atoms with Crippen molar-refractivity contribution in [1.29, 1.82) is 0 Å². The van der Waals surface area contributed by atoms with Gasteiger partial charge in [0, 0.05) is 5.56 Å². The van der Waals surface area contributed by atoms with Crippen LogP contribution in [0.5, 0.6) is 0 Å². The first-order valence-corrected chi connectivity index (χ1v) is 8.20. The summed E-state index contributed by atoms with van der Waals surface area (Å²) < 4.78 is 27.6. The van der Waals surface area contributed by atoms with E-state index in [0.717, 1.165) is 12.8 Å². The van der Waals surface area contributed by atoms with Gasteiger partial charge in [-0.3, -0.25) is 9.78 Å². The van der Waals surface area contributed by atoms with Gasteiger partial charge in [-0.05, 0) is 36.8 Å². The normalized spacial score (nSPS) is 24.2. The van der Waals surface area contributed by atoms with Crippen LogP contribution in [0.3, 0.4) is 0 Å². The Bertz CT molecular complexity index is 750. The average Bonchev–Trinajstić information content (AvgIpc) is 3.08. The number of ether oxygens (including phenoxy) is 2. The predicted octanol–water partition coefficient (Wildman–Crippen LogP) is 3.80. The van der Waals surface area contributed by atoms with Gasteiger partial charge in [0.05, 0.1) is 17.7 Å². The predicted molar refractivity (Wildman–Crippen MR) is 86.2 cm³/mol. The summed E-state index contributed by atoms with van der Waals surface area (Å²) in [7, 11) is 0. The molecular formula is C15H17ClFN3O2S. The van der Waals surface area contributed by atoms with Gasteiger partial charge >= 0.3 is 0 Å². The molecule has 1 N–H and O–H groups in total. The molecule has 2 atom stereocenters. The van der Waals surface area contributed by atoms with Gasteiger partial charge in [0.2, 0.25) is 10.6 Å². The van der Waals surface area contributed by atoms with Crippen molar-refractivity contribution in [1.82, 2.24) is 14.8 Å². The first-order valence-electron chi connectivity index (χ1n) is 7.41. The number of halogens is 2. The SMILES string of the molecule is CCCC1COC(Cn2[nH]cnc2=S)(c2ccc(F)cc2Cl)O1. The number of aromatic nitrogens is 3. The Hall–Kier alpha value is -1.28. The summed E-state index contributed by atoms with van der Waals surface area (Å²) in [5.41, 5.74) is 0.579. The van der Waals surface area contributed by atoms with Gasteiger partial charge in [0.25, 0.3) is 0 Å². The van der Waals surface area contributed by atoms with Gasteiger partial charge in [-0.1, -0.05) is 24.9 Å². The monoisotopic (exact) mass is 357 g/mol. The highest BCUT2D eigenvalue weighted by Crippen LogP contribution is 2.40. The molecule has 0 radical (unpaired) electrons. The number of hydrogen-bond acceptors (Lipinski definition) is 4. The third-order valence-electron chi connectivity index (χ3n) is 3.80. The molecule has 0 spiro atoms. The van der Waals surface area contributed by atoms with Gasteiger partial charge in [0.1, 0.15) is 18.7 Å². The lowest BCUT2D eigenvalue weighted by molar-refractivity contribution is -0.189. The van der Waals surface area contributed by atoms with Crippen LogP contribution in [0, 0.1) is 10.6 Å². The Morgan fingerprint density at radius 3 is 3.04 bits per heavy atom. The maximum atomic E-state index is 13.4. The average molecular weight is 358 g/mol. The number of aromatic amines is 1. The van der Waals surface area contributed by atoms with E-state index >= 15 is 0 Å². The lowest BCUT2D eigenvalue weighted by Crippen LogP contribution is -2.34. The molecule has 1 fully saturated rings. The van der Waals surface area contributed by atoms with Crippen LogP contribution in [0.25, 0.3) is 0 Å².